The summed E-state index contributed by atoms with van der Waals surface area (Å²) in [5.74, 6) is -2.48. The van der Waals surface area contributed by atoms with Crippen LogP contribution in [0.1, 0.15) is 15.9 Å². The van der Waals surface area contributed by atoms with Crippen molar-refractivity contribution >= 4 is 17.8 Å². The number of carbonyl (C=O) groups is 3. The van der Waals surface area contributed by atoms with E-state index in [2.05, 4.69) is 10.1 Å². The zero-order chi connectivity index (χ0) is 16.0. The van der Waals surface area contributed by atoms with Crippen molar-refractivity contribution in [2.75, 3.05) is 13.2 Å². The Balaban J connectivity index is 2.53. The fourth-order valence-corrected chi connectivity index (χ4v) is 1.25. The molecule has 0 fully saturated rings. The summed E-state index contributed by atoms with van der Waals surface area (Å²) in [6, 6.07) is 3.33. The Hall–Kier alpha value is -2.58. The highest BCUT2D eigenvalue weighted by Gasteiger charge is 2.30. The Labute approximate surface area is 117 Å². The fourth-order valence-electron chi connectivity index (χ4n) is 1.25. The molecule has 9 heteroatoms. The molecule has 1 aromatic rings. The summed E-state index contributed by atoms with van der Waals surface area (Å²) < 4.78 is 41.5. The van der Waals surface area contributed by atoms with Crippen molar-refractivity contribution in [2.24, 2.45) is 5.73 Å². The van der Waals surface area contributed by atoms with Gasteiger partial charge in [-0.1, -0.05) is 0 Å². The van der Waals surface area contributed by atoms with Gasteiger partial charge in [0.15, 0.2) is 6.61 Å². The van der Waals surface area contributed by atoms with Gasteiger partial charge in [-0.25, -0.2) is 4.79 Å². The lowest BCUT2D eigenvalue weighted by Gasteiger charge is -2.08. The van der Waals surface area contributed by atoms with E-state index in [0.29, 0.717) is 0 Å². The second-order valence-corrected chi connectivity index (χ2v) is 3.89. The number of alkyl halides is 3. The first kappa shape index (κ1) is 16.5. The van der Waals surface area contributed by atoms with Crippen molar-refractivity contribution in [1.82, 2.24) is 5.32 Å². The molecule has 0 saturated heterocycles. The smallest absolute Gasteiger partial charge is 0.416 e. The van der Waals surface area contributed by atoms with Gasteiger partial charge in [0, 0.05) is 0 Å². The van der Waals surface area contributed by atoms with Crippen LogP contribution in [-0.2, 0) is 20.5 Å². The number of rotatable bonds is 5. The third kappa shape index (κ3) is 5.51. The normalized spacial score (nSPS) is 10.8. The summed E-state index contributed by atoms with van der Waals surface area (Å²) in [6.07, 6.45) is -4.50. The van der Waals surface area contributed by atoms with E-state index in [1.165, 1.54) is 0 Å². The minimum atomic E-state index is -4.50. The molecule has 6 nitrogen and oxygen atoms in total. The molecule has 1 aromatic carbocycles. The SMILES string of the molecule is NC(=O)CNC(=O)COC(=O)c1ccc(C(F)(F)F)cc1. The second kappa shape index (κ2) is 6.73. The van der Waals surface area contributed by atoms with E-state index in [1.54, 1.807) is 0 Å². The molecule has 0 aromatic heterocycles. The summed E-state index contributed by atoms with van der Waals surface area (Å²) in [5, 5.41) is 2.08. The van der Waals surface area contributed by atoms with E-state index in [-0.39, 0.29) is 5.56 Å². The lowest BCUT2D eigenvalue weighted by atomic mass is 10.1. The summed E-state index contributed by atoms with van der Waals surface area (Å²) in [7, 11) is 0. The predicted molar refractivity (Wildman–Crippen MR) is 63.9 cm³/mol. The first-order chi connectivity index (χ1) is 9.70. The molecule has 0 unspecified atom stereocenters. The maximum absolute atomic E-state index is 12.3. The van der Waals surface area contributed by atoms with Crippen molar-refractivity contribution in [3.63, 3.8) is 0 Å². The average Bonchev–Trinajstić information content (AvgIpc) is 2.41. The number of benzene rings is 1. The maximum Gasteiger partial charge on any atom is 0.416 e. The van der Waals surface area contributed by atoms with E-state index in [1.807, 2.05) is 0 Å². The third-order valence-electron chi connectivity index (χ3n) is 2.24. The number of primary amides is 1. The van der Waals surface area contributed by atoms with Gasteiger partial charge in [-0.3, -0.25) is 9.59 Å². The molecular formula is C12H11F3N2O4. The minimum absolute atomic E-state index is 0.134. The van der Waals surface area contributed by atoms with Crippen LogP contribution >= 0.6 is 0 Å². The van der Waals surface area contributed by atoms with Crippen LogP contribution < -0.4 is 11.1 Å². The van der Waals surface area contributed by atoms with Gasteiger partial charge in [-0.15, -0.1) is 0 Å². The number of carbonyl (C=O) groups excluding carboxylic acids is 3. The molecule has 0 bridgehead atoms. The Morgan fingerprint density at radius 3 is 2.19 bits per heavy atom. The molecule has 114 valence electrons. The summed E-state index contributed by atoms with van der Waals surface area (Å²) in [4.78, 5) is 33.0. The molecule has 0 saturated carbocycles. The van der Waals surface area contributed by atoms with Gasteiger partial charge in [0.1, 0.15) is 0 Å². The highest BCUT2D eigenvalue weighted by molar-refractivity contribution is 5.91. The molecule has 2 amide bonds. The van der Waals surface area contributed by atoms with Gasteiger partial charge >= 0.3 is 12.1 Å². The molecule has 0 radical (unpaired) electrons. The zero-order valence-corrected chi connectivity index (χ0v) is 10.6. The second-order valence-electron chi connectivity index (χ2n) is 3.89. The first-order valence-electron chi connectivity index (χ1n) is 5.59. The van der Waals surface area contributed by atoms with Crippen LogP contribution in [0.25, 0.3) is 0 Å². The largest absolute Gasteiger partial charge is 0.452 e. The average molecular weight is 304 g/mol. The van der Waals surface area contributed by atoms with Crippen LogP contribution in [-0.4, -0.2) is 30.9 Å². The quantitative estimate of drug-likeness (QED) is 0.772. The fraction of sp³-hybridized carbons (Fsp3) is 0.250. The number of halogens is 3. The van der Waals surface area contributed by atoms with Crippen LogP contribution in [0.2, 0.25) is 0 Å². The first-order valence-corrected chi connectivity index (χ1v) is 5.59. The van der Waals surface area contributed by atoms with Gasteiger partial charge in [-0.05, 0) is 24.3 Å². The number of nitrogens with one attached hydrogen (secondary N) is 1. The number of hydrogen-bond donors (Lipinski definition) is 2. The molecule has 0 spiro atoms. The van der Waals surface area contributed by atoms with E-state index >= 15 is 0 Å². The number of esters is 1. The molecule has 0 heterocycles. The lowest BCUT2D eigenvalue weighted by Crippen LogP contribution is -2.35. The van der Waals surface area contributed by atoms with Crippen LogP contribution in [0.4, 0.5) is 13.2 Å². The van der Waals surface area contributed by atoms with Crippen LogP contribution in [0.15, 0.2) is 24.3 Å². The van der Waals surface area contributed by atoms with E-state index in [0.717, 1.165) is 24.3 Å². The molecule has 3 N–H and O–H groups in total. The Bertz CT molecular complexity index is 540. The number of hydrogen-bond acceptors (Lipinski definition) is 4. The van der Waals surface area contributed by atoms with Crippen molar-refractivity contribution < 1.29 is 32.3 Å². The number of amides is 2. The molecule has 1 rings (SSSR count). The van der Waals surface area contributed by atoms with E-state index in [4.69, 9.17) is 5.73 Å². The third-order valence-corrected chi connectivity index (χ3v) is 2.24. The molecule has 21 heavy (non-hydrogen) atoms. The van der Waals surface area contributed by atoms with Crippen molar-refractivity contribution in [2.45, 2.75) is 6.18 Å². The van der Waals surface area contributed by atoms with Gasteiger partial charge < -0.3 is 15.8 Å². The maximum atomic E-state index is 12.3. The molecular weight excluding hydrogens is 293 g/mol. The van der Waals surface area contributed by atoms with Crippen LogP contribution in [0.5, 0.6) is 0 Å². The van der Waals surface area contributed by atoms with Gasteiger partial charge in [0.2, 0.25) is 5.91 Å². The van der Waals surface area contributed by atoms with Gasteiger partial charge in [0.25, 0.3) is 5.91 Å². The molecule has 0 aliphatic heterocycles. The number of nitrogens with two attached hydrogens (primary N) is 1. The molecule has 0 aliphatic carbocycles. The molecule has 0 aliphatic rings. The van der Waals surface area contributed by atoms with Crippen molar-refractivity contribution in [3.05, 3.63) is 35.4 Å². The lowest BCUT2D eigenvalue weighted by molar-refractivity contribution is -0.137. The Morgan fingerprint density at radius 2 is 1.71 bits per heavy atom. The Kier molecular flexibility index (Phi) is 5.28. The van der Waals surface area contributed by atoms with Gasteiger partial charge in [0.05, 0.1) is 17.7 Å². The van der Waals surface area contributed by atoms with E-state index < -0.39 is 42.7 Å². The number of ether oxygens (including phenoxy) is 1. The topological polar surface area (TPSA) is 98.5 Å². The monoisotopic (exact) mass is 304 g/mol. The van der Waals surface area contributed by atoms with Crippen LogP contribution in [0.3, 0.4) is 0 Å². The van der Waals surface area contributed by atoms with E-state index in [9.17, 15) is 27.6 Å². The highest BCUT2D eigenvalue weighted by atomic mass is 19.4. The summed E-state index contributed by atoms with van der Waals surface area (Å²) >= 11 is 0. The van der Waals surface area contributed by atoms with Crippen molar-refractivity contribution in [1.29, 1.82) is 0 Å². The zero-order valence-electron chi connectivity index (χ0n) is 10.6. The van der Waals surface area contributed by atoms with Gasteiger partial charge in [-0.2, -0.15) is 13.2 Å². The standard InChI is InChI=1S/C12H11F3N2O4/c13-12(14,15)8-3-1-7(2-4-8)11(20)21-6-10(19)17-5-9(16)18/h1-4H,5-6H2,(H2,16,18)(H,17,19). The minimum Gasteiger partial charge on any atom is -0.452 e. The van der Waals surface area contributed by atoms with Crippen molar-refractivity contribution in [3.8, 4) is 0 Å². The van der Waals surface area contributed by atoms with Crippen LogP contribution in [0, 0.1) is 0 Å². The highest BCUT2D eigenvalue weighted by Crippen LogP contribution is 2.29. The molecule has 0 atom stereocenters. The summed E-state index contributed by atoms with van der Waals surface area (Å²) in [5.41, 5.74) is 3.75. The Morgan fingerprint density at radius 1 is 1.14 bits per heavy atom. The predicted octanol–water partition coefficient (Wildman–Crippen LogP) is 0.464. The summed E-state index contributed by atoms with van der Waals surface area (Å²) in [6.45, 7) is -1.08.